The SMILES string of the molecule is C=[N+]([O-])c1cc(Br)ccc1C(=O)Nc1ccc(OC(F)(F)F)c(NC(=O)C(C)N2CC3COCC(C3)C2)c1. The molecule has 4 rings (SSSR count). The molecule has 2 aliphatic heterocycles. The van der Waals surface area contributed by atoms with E-state index in [1.807, 2.05) is 4.90 Å². The quantitative estimate of drug-likeness (QED) is 0.206. The van der Waals surface area contributed by atoms with Crippen LogP contribution in [0.1, 0.15) is 23.7 Å². The number of alkyl halides is 3. The zero-order valence-corrected chi connectivity index (χ0v) is 22.0. The van der Waals surface area contributed by atoms with E-state index in [2.05, 4.69) is 38.0 Å². The Morgan fingerprint density at radius 1 is 1.18 bits per heavy atom. The number of anilines is 2. The summed E-state index contributed by atoms with van der Waals surface area (Å²) in [6.45, 7) is 7.47. The number of carbonyl (C=O) groups excluding carboxylic acids is 2. The van der Waals surface area contributed by atoms with Gasteiger partial charge in [-0.1, -0.05) is 15.9 Å². The number of nitrogens with zero attached hydrogens (tertiary/aromatic N) is 2. The Kier molecular flexibility index (Phi) is 8.28. The molecule has 0 saturated carbocycles. The molecule has 2 aliphatic rings. The molecule has 3 unspecified atom stereocenters. The number of likely N-dealkylation sites (tertiary alicyclic amines) is 1. The van der Waals surface area contributed by atoms with Crippen LogP contribution in [-0.4, -0.2) is 66.9 Å². The van der Waals surface area contributed by atoms with Gasteiger partial charge in [-0.15, -0.1) is 13.2 Å². The van der Waals surface area contributed by atoms with E-state index in [1.165, 1.54) is 24.3 Å². The van der Waals surface area contributed by atoms with E-state index in [1.54, 1.807) is 13.0 Å². The molecule has 2 heterocycles. The van der Waals surface area contributed by atoms with Crippen LogP contribution in [0.4, 0.5) is 30.2 Å². The van der Waals surface area contributed by atoms with Crippen LogP contribution in [0, 0.1) is 17.0 Å². The van der Waals surface area contributed by atoms with Gasteiger partial charge in [0.15, 0.2) is 5.75 Å². The first-order valence-electron chi connectivity index (χ1n) is 11.8. The van der Waals surface area contributed by atoms with Gasteiger partial charge >= 0.3 is 6.36 Å². The van der Waals surface area contributed by atoms with E-state index in [0.29, 0.717) is 42.6 Å². The van der Waals surface area contributed by atoms with Gasteiger partial charge in [0, 0.05) is 29.3 Å². The van der Waals surface area contributed by atoms with Crippen molar-refractivity contribution in [2.24, 2.45) is 11.8 Å². The predicted octanol–water partition coefficient (Wildman–Crippen LogP) is 4.74. The van der Waals surface area contributed by atoms with Crippen molar-refractivity contribution in [3.8, 4) is 5.75 Å². The first kappa shape index (κ1) is 27.9. The number of hydrogen-bond acceptors (Lipinski definition) is 6. The highest BCUT2D eigenvalue weighted by Gasteiger charge is 2.36. The average Bonchev–Trinajstić information content (AvgIpc) is 2.83. The van der Waals surface area contributed by atoms with Crippen LogP contribution < -0.4 is 15.4 Å². The molecule has 204 valence electrons. The second-order valence-electron chi connectivity index (χ2n) is 9.38. The van der Waals surface area contributed by atoms with Crippen LogP contribution in [0.15, 0.2) is 40.9 Å². The monoisotopic (exact) mass is 598 g/mol. The second kappa shape index (κ2) is 11.3. The van der Waals surface area contributed by atoms with Crippen LogP contribution in [0.25, 0.3) is 0 Å². The smallest absolute Gasteiger partial charge is 0.573 e. The maximum absolute atomic E-state index is 13.1. The Morgan fingerprint density at radius 3 is 2.50 bits per heavy atom. The van der Waals surface area contributed by atoms with Crippen LogP contribution in [0.2, 0.25) is 0 Å². The number of nitrogens with one attached hydrogen (secondary N) is 2. The minimum Gasteiger partial charge on any atom is -0.619 e. The van der Waals surface area contributed by atoms with Crippen molar-refractivity contribution in [2.45, 2.75) is 25.7 Å². The van der Waals surface area contributed by atoms with Crippen LogP contribution in [0.5, 0.6) is 5.75 Å². The summed E-state index contributed by atoms with van der Waals surface area (Å²) < 4.78 is 49.7. The zero-order chi connectivity index (χ0) is 27.6. The third kappa shape index (κ3) is 6.83. The van der Waals surface area contributed by atoms with Crippen molar-refractivity contribution in [3.05, 3.63) is 51.6 Å². The zero-order valence-electron chi connectivity index (χ0n) is 20.4. The highest BCUT2D eigenvalue weighted by Crippen LogP contribution is 2.34. The topological polar surface area (TPSA) is 106 Å². The Balaban J connectivity index is 1.55. The molecular formula is C25H26BrF3N4O5. The molecular weight excluding hydrogens is 573 g/mol. The molecule has 2 fully saturated rings. The van der Waals surface area contributed by atoms with Gasteiger partial charge in [0.2, 0.25) is 11.6 Å². The van der Waals surface area contributed by atoms with Crippen molar-refractivity contribution >= 4 is 51.5 Å². The summed E-state index contributed by atoms with van der Waals surface area (Å²) in [6.07, 6.45) is -3.98. The predicted molar refractivity (Wildman–Crippen MR) is 138 cm³/mol. The normalized spacial score (nSPS) is 20.3. The average molecular weight is 599 g/mol. The molecule has 0 aromatic heterocycles. The Hall–Kier alpha value is -3.16. The minimum absolute atomic E-state index is 0.00680. The number of benzene rings is 2. The number of amides is 2. The largest absolute Gasteiger partial charge is 0.619 e. The number of carbonyl (C=O) groups is 2. The fraction of sp³-hybridized carbons (Fsp3) is 0.400. The van der Waals surface area contributed by atoms with Crippen molar-refractivity contribution in [1.29, 1.82) is 0 Å². The standard InChI is InChI=1S/C25H26BrF3N4O5/c1-14(33-10-15-7-16(11-33)13-37-12-15)23(34)31-20-9-18(4-6-22(20)38-25(27,28)29)30-24(35)19-5-3-17(26)8-21(19)32(2)36/h3-6,8-9,14-16H,2,7,10-13H2,1H3,(H,30,35)(H,31,34). The second-order valence-corrected chi connectivity index (χ2v) is 10.3. The summed E-state index contributed by atoms with van der Waals surface area (Å²) >= 11 is 3.22. The van der Waals surface area contributed by atoms with Gasteiger partial charge in [-0.25, -0.2) is 0 Å². The molecule has 0 spiro atoms. The molecule has 9 nitrogen and oxygen atoms in total. The lowest BCUT2D eigenvalue weighted by Gasteiger charge is -2.43. The van der Waals surface area contributed by atoms with Gasteiger partial charge in [-0.3, -0.25) is 14.5 Å². The molecule has 0 radical (unpaired) electrons. The minimum atomic E-state index is -5.00. The molecule has 2 bridgehead atoms. The summed E-state index contributed by atoms with van der Waals surface area (Å²) in [7, 11) is 0. The molecule has 38 heavy (non-hydrogen) atoms. The third-order valence-corrected chi connectivity index (χ3v) is 6.97. The van der Waals surface area contributed by atoms with E-state index in [-0.39, 0.29) is 27.4 Å². The first-order chi connectivity index (χ1) is 17.9. The number of halogens is 4. The molecule has 2 saturated heterocycles. The highest BCUT2D eigenvalue weighted by molar-refractivity contribution is 9.10. The molecule has 13 heteroatoms. The molecule has 3 atom stereocenters. The Labute approximate surface area is 225 Å². The highest BCUT2D eigenvalue weighted by atomic mass is 79.9. The van der Waals surface area contributed by atoms with Crippen molar-refractivity contribution in [2.75, 3.05) is 36.9 Å². The number of rotatable bonds is 7. The van der Waals surface area contributed by atoms with Crippen molar-refractivity contribution < 1.29 is 37.0 Å². The summed E-state index contributed by atoms with van der Waals surface area (Å²) in [6, 6.07) is 7.09. The molecule has 2 aromatic rings. The van der Waals surface area contributed by atoms with Gasteiger partial charge < -0.3 is 25.3 Å². The maximum Gasteiger partial charge on any atom is 0.573 e. The summed E-state index contributed by atoms with van der Waals surface area (Å²) in [5.41, 5.74) is -0.218. The number of ether oxygens (including phenoxy) is 2. The fourth-order valence-electron chi connectivity index (χ4n) is 4.74. The van der Waals surface area contributed by atoms with Crippen LogP contribution in [0.3, 0.4) is 0 Å². The van der Waals surface area contributed by atoms with Gasteiger partial charge in [0.25, 0.3) is 5.91 Å². The lowest BCUT2D eigenvalue weighted by atomic mass is 9.87. The molecule has 2 aromatic carbocycles. The lowest BCUT2D eigenvalue weighted by molar-refractivity contribution is -0.350. The number of hydrogen-bond donors (Lipinski definition) is 2. The summed E-state index contributed by atoms with van der Waals surface area (Å²) in [5, 5.41) is 16.9. The van der Waals surface area contributed by atoms with Gasteiger partial charge in [0.05, 0.1) is 24.9 Å². The van der Waals surface area contributed by atoms with Gasteiger partial charge in [-0.05, 0) is 55.5 Å². The lowest BCUT2D eigenvalue weighted by Crippen LogP contribution is -2.53. The van der Waals surface area contributed by atoms with Gasteiger partial charge in [-0.2, -0.15) is 4.74 Å². The van der Waals surface area contributed by atoms with E-state index in [9.17, 15) is 28.0 Å². The van der Waals surface area contributed by atoms with E-state index < -0.39 is 30.0 Å². The number of piperidine rings is 1. The van der Waals surface area contributed by atoms with Crippen molar-refractivity contribution in [3.63, 3.8) is 0 Å². The fourth-order valence-corrected chi connectivity index (χ4v) is 5.09. The molecule has 2 N–H and O–H groups in total. The maximum atomic E-state index is 13.1. The van der Waals surface area contributed by atoms with E-state index >= 15 is 0 Å². The Bertz CT molecular complexity index is 1230. The van der Waals surface area contributed by atoms with Crippen LogP contribution >= 0.6 is 15.9 Å². The molecule has 0 aliphatic carbocycles. The van der Waals surface area contributed by atoms with E-state index in [4.69, 9.17) is 4.74 Å². The van der Waals surface area contributed by atoms with Gasteiger partial charge in [0.1, 0.15) is 12.3 Å². The van der Waals surface area contributed by atoms with Crippen molar-refractivity contribution in [1.82, 2.24) is 4.90 Å². The first-order valence-corrected chi connectivity index (χ1v) is 12.6. The number of fused-ring (bicyclic) bond motifs is 2. The molecule has 2 amide bonds. The third-order valence-electron chi connectivity index (χ3n) is 6.48. The van der Waals surface area contributed by atoms with E-state index in [0.717, 1.165) is 12.5 Å². The van der Waals surface area contributed by atoms with Crippen LogP contribution in [-0.2, 0) is 9.53 Å². The Morgan fingerprint density at radius 2 is 1.87 bits per heavy atom. The summed E-state index contributed by atoms with van der Waals surface area (Å²) in [5.74, 6) is -1.25. The summed E-state index contributed by atoms with van der Waals surface area (Å²) in [4.78, 5) is 28.0.